The lowest BCUT2D eigenvalue weighted by atomic mass is 9.77. The van der Waals surface area contributed by atoms with Gasteiger partial charge in [0.25, 0.3) is 5.91 Å². The van der Waals surface area contributed by atoms with Crippen molar-refractivity contribution in [1.82, 2.24) is 4.90 Å². The van der Waals surface area contributed by atoms with Crippen LogP contribution in [0.2, 0.25) is 0 Å². The van der Waals surface area contributed by atoms with Crippen LogP contribution in [-0.2, 0) is 19.1 Å². The van der Waals surface area contributed by atoms with E-state index in [1.165, 1.54) is 12.1 Å². The van der Waals surface area contributed by atoms with E-state index in [0.717, 1.165) is 0 Å². The molecule has 4 rings (SSSR count). The second kappa shape index (κ2) is 8.46. The standard InChI is InChI=1S/C23H27F2NO4/c1-13(2)29-11-3-10-26-20(14-4-6-15(24)7-5-14)19-21(27)17-12-16(25)8-9-18(17)30-22(19)23(26)28/h4-7,13,16-18,20H,3,8-12H2,1-2H3. The van der Waals surface area contributed by atoms with E-state index < -0.39 is 30.1 Å². The van der Waals surface area contributed by atoms with Crippen LogP contribution < -0.4 is 0 Å². The van der Waals surface area contributed by atoms with Gasteiger partial charge in [0.05, 0.1) is 23.6 Å². The Balaban J connectivity index is 1.65. The van der Waals surface area contributed by atoms with Gasteiger partial charge < -0.3 is 14.4 Å². The van der Waals surface area contributed by atoms with Gasteiger partial charge >= 0.3 is 0 Å². The van der Waals surface area contributed by atoms with Crippen molar-refractivity contribution >= 4 is 11.7 Å². The smallest absolute Gasteiger partial charge is 0.290 e. The number of halogens is 2. The minimum Gasteiger partial charge on any atom is -0.483 e. The molecule has 0 spiro atoms. The Kier molecular flexibility index (Phi) is 5.91. The lowest BCUT2D eigenvalue weighted by Gasteiger charge is -2.36. The number of rotatable bonds is 6. The largest absolute Gasteiger partial charge is 0.483 e. The van der Waals surface area contributed by atoms with Gasteiger partial charge in [0.1, 0.15) is 18.1 Å². The number of benzene rings is 1. The maximum absolute atomic E-state index is 14.0. The lowest BCUT2D eigenvalue weighted by molar-refractivity contribution is -0.136. The number of alkyl halides is 1. The van der Waals surface area contributed by atoms with E-state index in [0.29, 0.717) is 38.0 Å². The van der Waals surface area contributed by atoms with Crippen molar-refractivity contribution in [3.8, 4) is 0 Å². The molecule has 1 fully saturated rings. The molecule has 7 heteroatoms. The van der Waals surface area contributed by atoms with Crippen molar-refractivity contribution < 1.29 is 27.8 Å². The molecule has 0 radical (unpaired) electrons. The number of Topliss-reactive ketones (excluding diaryl/α,β-unsaturated/α-hetero) is 1. The number of ether oxygens (including phenoxy) is 2. The van der Waals surface area contributed by atoms with Crippen LogP contribution in [0.25, 0.3) is 0 Å². The van der Waals surface area contributed by atoms with Crippen molar-refractivity contribution in [2.45, 2.75) is 64.0 Å². The van der Waals surface area contributed by atoms with E-state index >= 15 is 0 Å². The van der Waals surface area contributed by atoms with Crippen LogP contribution in [0.5, 0.6) is 0 Å². The van der Waals surface area contributed by atoms with E-state index in [4.69, 9.17) is 9.47 Å². The number of hydrogen-bond donors (Lipinski definition) is 0. The lowest BCUT2D eigenvalue weighted by Crippen LogP contribution is -2.42. The number of ketones is 1. The highest BCUT2D eigenvalue weighted by Crippen LogP contribution is 2.47. The molecule has 0 saturated heterocycles. The first-order chi connectivity index (χ1) is 14.4. The normalized spacial score (nSPS) is 28.6. The van der Waals surface area contributed by atoms with E-state index in [9.17, 15) is 18.4 Å². The SMILES string of the molecule is CC(C)OCCCN1C(=O)C2=C(C(=O)C3CC(F)CCC3O2)C1c1ccc(F)cc1. The van der Waals surface area contributed by atoms with Crippen LogP contribution in [0, 0.1) is 11.7 Å². The van der Waals surface area contributed by atoms with Gasteiger partial charge in [-0.05, 0) is 57.2 Å². The quantitative estimate of drug-likeness (QED) is 0.657. The van der Waals surface area contributed by atoms with Gasteiger partial charge in [0.2, 0.25) is 0 Å². The zero-order valence-corrected chi connectivity index (χ0v) is 17.3. The molecule has 4 atom stereocenters. The number of carbonyl (C=O) groups is 2. The summed E-state index contributed by atoms with van der Waals surface area (Å²) in [4.78, 5) is 28.2. The molecule has 1 saturated carbocycles. The third-order valence-electron chi connectivity index (χ3n) is 6.06. The zero-order valence-electron chi connectivity index (χ0n) is 17.3. The molecule has 0 bridgehead atoms. The first-order valence-electron chi connectivity index (χ1n) is 10.6. The van der Waals surface area contributed by atoms with E-state index in [1.807, 2.05) is 13.8 Å². The molecule has 4 unspecified atom stereocenters. The van der Waals surface area contributed by atoms with Crippen molar-refractivity contribution in [3.63, 3.8) is 0 Å². The van der Waals surface area contributed by atoms with Gasteiger partial charge in [-0.15, -0.1) is 0 Å². The minimum absolute atomic E-state index is 0.0812. The molecule has 2 aliphatic heterocycles. The van der Waals surface area contributed by atoms with Crippen molar-refractivity contribution in [2.24, 2.45) is 5.92 Å². The summed E-state index contributed by atoms with van der Waals surface area (Å²) >= 11 is 0. The predicted octanol–water partition coefficient (Wildman–Crippen LogP) is 3.88. The predicted molar refractivity (Wildman–Crippen MR) is 106 cm³/mol. The molecular formula is C23H27F2NO4. The van der Waals surface area contributed by atoms with Crippen molar-refractivity contribution in [3.05, 3.63) is 47.0 Å². The Morgan fingerprint density at radius 3 is 2.63 bits per heavy atom. The van der Waals surface area contributed by atoms with Crippen LogP contribution in [0.15, 0.2) is 35.6 Å². The van der Waals surface area contributed by atoms with Gasteiger partial charge in [0.15, 0.2) is 11.5 Å². The van der Waals surface area contributed by atoms with Crippen LogP contribution in [-0.4, -0.2) is 48.1 Å². The summed E-state index contributed by atoms with van der Waals surface area (Å²) in [6.07, 6.45) is 0.0634. The van der Waals surface area contributed by atoms with Gasteiger partial charge in [-0.1, -0.05) is 12.1 Å². The second-order valence-electron chi connectivity index (χ2n) is 8.51. The second-order valence-corrected chi connectivity index (χ2v) is 8.51. The maximum Gasteiger partial charge on any atom is 0.290 e. The fraction of sp³-hybridized carbons (Fsp3) is 0.565. The molecule has 1 aromatic carbocycles. The summed E-state index contributed by atoms with van der Waals surface area (Å²) in [6.45, 7) is 4.73. The topological polar surface area (TPSA) is 55.8 Å². The van der Waals surface area contributed by atoms with Crippen LogP contribution in [0.4, 0.5) is 8.78 Å². The fourth-order valence-corrected chi connectivity index (χ4v) is 4.64. The number of hydrogen-bond acceptors (Lipinski definition) is 4. The van der Waals surface area contributed by atoms with Gasteiger partial charge in [-0.2, -0.15) is 0 Å². The van der Waals surface area contributed by atoms with Crippen LogP contribution in [0.1, 0.15) is 51.1 Å². The first-order valence-corrected chi connectivity index (χ1v) is 10.6. The molecule has 3 aliphatic rings. The summed E-state index contributed by atoms with van der Waals surface area (Å²) in [7, 11) is 0. The average molecular weight is 419 g/mol. The summed E-state index contributed by atoms with van der Waals surface area (Å²) in [6, 6.07) is 5.14. The Hall–Kier alpha value is -2.28. The molecule has 2 heterocycles. The summed E-state index contributed by atoms with van der Waals surface area (Å²) < 4.78 is 39.1. The summed E-state index contributed by atoms with van der Waals surface area (Å²) in [5.41, 5.74) is 0.925. The maximum atomic E-state index is 14.0. The van der Waals surface area contributed by atoms with E-state index in [-0.39, 0.29) is 35.5 Å². The molecule has 30 heavy (non-hydrogen) atoms. The molecule has 1 aliphatic carbocycles. The average Bonchev–Trinajstić information content (AvgIpc) is 2.99. The third kappa shape index (κ3) is 3.87. The van der Waals surface area contributed by atoms with Gasteiger partial charge in [-0.25, -0.2) is 8.78 Å². The molecule has 1 amide bonds. The van der Waals surface area contributed by atoms with Crippen LogP contribution >= 0.6 is 0 Å². The third-order valence-corrected chi connectivity index (χ3v) is 6.06. The van der Waals surface area contributed by atoms with Crippen LogP contribution in [0.3, 0.4) is 0 Å². The molecule has 1 aromatic rings. The Morgan fingerprint density at radius 2 is 1.93 bits per heavy atom. The Morgan fingerprint density at radius 1 is 1.20 bits per heavy atom. The Bertz CT molecular complexity index is 851. The number of amides is 1. The highest BCUT2D eigenvalue weighted by Gasteiger charge is 2.52. The van der Waals surface area contributed by atoms with E-state index in [1.54, 1.807) is 17.0 Å². The Labute approximate surface area is 175 Å². The van der Waals surface area contributed by atoms with Crippen molar-refractivity contribution in [2.75, 3.05) is 13.2 Å². The van der Waals surface area contributed by atoms with Gasteiger partial charge in [-0.3, -0.25) is 9.59 Å². The number of fused-ring (bicyclic) bond motifs is 1. The monoisotopic (exact) mass is 419 g/mol. The highest BCUT2D eigenvalue weighted by molar-refractivity contribution is 6.11. The molecule has 0 aromatic heterocycles. The fourth-order valence-electron chi connectivity index (χ4n) is 4.64. The van der Waals surface area contributed by atoms with Gasteiger partial charge in [0, 0.05) is 13.2 Å². The van der Waals surface area contributed by atoms with E-state index in [2.05, 4.69) is 0 Å². The number of nitrogens with zero attached hydrogens (tertiary/aromatic N) is 1. The summed E-state index contributed by atoms with van der Waals surface area (Å²) in [5, 5.41) is 0. The molecule has 0 N–H and O–H groups in total. The highest BCUT2D eigenvalue weighted by atomic mass is 19.1. The minimum atomic E-state index is -1.04. The van der Waals surface area contributed by atoms with Crippen molar-refractivity contribution in [1.29, 1.82) is 0 Å². The molecule has 5 nitrogen and oxygen atoms in total. The molecular weight excluding hydrogens is 392 g/mol. The molecule has 162 valence electrons. The zero-order chi connectivity index (χ0) is 21.4. The first kappa shape index (κ1) is 21.0. The number of carbonyl (C=O) groups excluding carboxylic acids is 2. The summed E-state index contributed by atoms with van der Waals surface area (Å²) in [5.74, 6) is -1.44.